The lowest BCUT2D eigenvalue weighted by atomic mass is 10.2. The smallest absolute Gasteiger partial charge is 0.410 e. The lowest BCUT2D eigenvalue weighted by Gasteiger charge is -2.32. The molecule has 2 heterocycles. The minimum atomic E-state index is -0.550. The van der Waals surface area contributed by atoms with E-state index < -0.39 is 6.10 Å². The lowest BCUT2D eigenvalue weighted by Crippen LogP contribution is -3.15. The molecule has 1 saturated heterocycles. The lowest BCUT2D eigenvalue weighted by molar-refractivity contribution is -0.907. The molecule has 1 amide bonds. The summed E-state index contributed by atoms with van der Waals surface area (Å²) in [6.07, 6.45) is -0.977. The van der Waals surface area contributed by atoms with E-state index in [0.717, 1.165) is 24.6 Å². The number of aliphatic hydroxyl groups excluding tert-OH is 1. The van der Waals surface area contributed by atoms with E-state index in [4.69, 9.17) is 18.9 Å². The largest absolute Gasteiger partial charge is 0.486 e. The van der Waals surface area contributed by atoms with E-state index in [9.17, 15) is 9.90 Å². The molecule has 0 aliphatic carbocycles. The predicted octanol–water partition coefficient (Wildman–Crippen LogP) is -0.439. The predicted molar refractivity (Wildman–Crippen MR) is 97.3 cm³/mol. The van der Waals surface area contributed by atoms with Gasteiger partial charge in [-0.2, -0.15) is 0 Å². The number of benzene rings is 1. The molecule has 0 spiro atoms. The molecular weight excluding hydrogens is 352 g/mol. The van der Waals surface area contributed by atoms with Crippen LogP contribution in [0, 0.1) is 0 Å². The van der Waals surface area contributed by atoms with Crippen LogP contribution in [-0.4, -0.2) is 87.5 Å². The summed E-state index contributed by atoms with van der Waals surface area (Å²) >= 11 is 0. The Bertz CT molecular complexity index is 606. The van der Waals surface area contributed by atoms with E-state index in [2.05, 4.69) is 0 Å². The SMILES string of the molecule is CCOC(=O)N1CC[NH+](C[C@@H](O)COC[C@@H]2COc3ccccc3O2)CC1. The second-order valence-electron chi connectivity index (χ2n) is 6.83. The summed E-state index contributed by atoms with van der Waals surface area (Å²) in [7, 11) is 0. The van der Waals surface area contributed by atoms with Gasteiger partial charge in [0, 0.05) is 0 Å². The van der Waals surface area contributed by atoms with Crippen molar-refractivity contribution in [1.29, 1.82) is 0 Å². The summed E-state index contributed by atoms with van der Waals surface area (Å²) in [4.78, 5) is 14.7. The van der Waals surface area contributed by atoms with Crippen LogP contribution >= 0.6 is 0 Å². The second-order valence-corrected chi connectivity index (χ2v) is 6.83. The fourth-order valence-electron chi connectivity index (χ4n) is 3.30. The molecule has 0 radical (unpaired) electrons. The first-order chi connectivity index (χ1) is 13.2. The van der Waals surface area contributed by atoms with Crippen molar-refractivity contribution in [2.24, 2.45) is 0 Å². The van der Waals surface area contributed by atoms with Gasteiger partial charge in [0.1, 0.15) is 19.3 Å². The quantitative estimate of drug-likeness (QED) is 0.667. The molecule has 2 atom stereocenters. The first kappa shape index (κ1) is 19.7. The average Bonchev–Trinajstić information content (AvgIpc) is 2.68. The maximum atomic E-state index is 11.7. The number of nitrogens with zero attached hydrogens (tertiary/aromatic N) is 1. The fourth-order valence-corrected chi connectivity index (χ4v) is 3.30. The fraction of sp³-hybridized carbons (Fsp3) is 0.632. The van der Waals surface area contributed by atoms with Gasteiger partial charge in [-0.25, -0.2) is 4.79 Å². The minimum absolute atomic E-state index is 0.174. The summed E-state index contributed by atoms with van der Waals surface area (Å²) in [5.74, 6) is 1.47. The number of ether oxygens (including phenoxy) is 4. The Morgan fingerprint density at radius 1 is 1.33 bits per heavy atom. The molecule has 8 heteroatoms. The molecule has 1 fully saturated rings. The van der Waals surface area contributed by atoms with Crippen molar-refractivity contribution < 1.29 is 33.7 Å². The third kappa shape index (κ3) is 5.72. The number of nitrogens with one attached hydrogen (secondary N) is 1. The summed E-state index contributed by atoms with van der Waals surface area (Å²) in [5, 5.41) is 10.2. The van der Waals surface area contributed by atoms with Crippen LogP contribution in [0.15, 0.2) is 24.3 Å². The van der Waals surface area contributed by atoms with Gasteiger partial charge in [-0.05, 0) is 19.1 Å². The molecule has 150 valence electrons. The van der Waals surface area contributed by atoms with Crippen molar-refractivity contribution >= 4 is 6.09 Å². The van der Waals surface area contributed by atoms with Crippen LogP contribution in [0.4, 0.5) is 4.79 Å². The Morgan fingerprint density at radius 2 is 2.07 bits per heavy atom. The Balaban J connectivity index is 1.30. The van der Waals surface area contributed by atoms with Crippen LogP contribution in [0.5, 0.6) is 11.5 Å². The number of rotatable bonds is 7. The first-order valence-corrected chi connectivity index (χ1v) is 9.55. The van der Waals surface area contributed by atoms with Crippen molar-refractivity contribution in [2.75, 3.05) is 59.2 Å². The molecule has 0 unspecified atom stereocenters. The second kappa shape index (κ2) is 9.77. The van der Waals surface area contributed by atoms with Gasteiger partial charge >= 0.3 is 6.09 Å². The molecule has 1 aromatic rings. The van der Waals surface area contributed by atoms with Crippen LogP contribution in [0.1, 0.15) is 6.92 Å². The van der Waals surface area contributed by atoms with Gasteiger partial charge in [0.25, 0.3) is 0 Å². The van der Waals surface area contributed by atoms with Gasteiger partial charge in [0.05, 0.1) is 46.0 Å². The molecule has 27 heavy (non-hydrogen) atoms. The van der Waals surface area contributed by atoms with E-state index in [1.54, 1.807) is 11.8 Å². The monoisotopic (exact) mass is 381 g/mol. The molecule has 2 aliphatic heterocycles. The average molecular weight is 381 g/mol. The highest BCUT2D eigenvalue weighted by atomic mass is 16.6. The summed E-state index contributed by atoms with van der Waals surface area (Å²) in [6, 6.07) is 7.56. The Kier molecular flexibility index (Phi) is 7.14. The van der Waals surface area contributed by atoms with Crippen molar-refractivity contribution in [3.8, 4) is 11.5 Å². The minimum Gasteiger partial charge on any atom is -0.486 e. The van der Waals surface area contributed by atoms with E-state index in [-0.39, 0.29) is 18.8 Å². The topological polar surface area (TPSA) is 81.9 Å². The number of quaternary nitrogens is 1. The number of aliphatic hydroxyl groups is 1. The summed E-state index contributed by atoms with van der Waals surface area (Å²) in [6.45, 7) is 6.75. The molecule has 0 bridgehead atoms. The van der Waals surface area contributed by atoms with Gasteiger partial charge < -0.3 is 29.0 Å². The number of piperazine rings is 1. The molecule has 0 aromatic heterocycles. The van der Waals surface area contributed by atoms with Crippen LogP contribution in [0.3, 0.4) is 0 Å². The van der Waals surface area contributed by atoms with Crippen LogP contribution in [-0.2, 0) is 9.47 Å². The van der Waals surface area contributed by atoms with Gasteiger partial charge in [-0.1, -0.05) is 12.1 Å². The van der Waals surface area contributed by atoms with Gasteiger partial charge in [-0.15, -0.1) is 0 Å². The molecular formula is C19H29N2O6+. The first-order valence-electron chi connectivity index (χ1n) is 9.55. The van der Waals surface area contributed by atoms with Crippen molar-refractivity contribution in [3.63, 3.8) is 0 Å². The Hall–Kier alpha value is -2.03. The van der Waals surface area contributed by atoms with Crippen molar-refractivity contribution in [3.05, 3.63) is 24.3 Å². The highest BCUT2D eigenvalue weighted by Crippen LogP contribution is 2.30. The molecule has 2 aliphatic rings. The normalized spacial score (nSPS) is 21.0. The third-order valence-electron chi connectivity index (χ3n) is 4.70. The number of carbonyl (C=O) groups excluding carboxylic acids is 1. The highest BCUT2D eigenvalue weighted by Gasteiger charge is 2.26. The maximum Gasteiger partial charge on any atom is 0.410 e. The Labute approximate surface area is 159 Å². The Morgan fingerprint density at radius 3 is 2.81 bits per heavy atom. The summed E-state index contributed by atoms with van der Waals surface area (Å²) < 4.78 is 22.1. The van der Waals surface area contributed by atoms with Gasteiger partial charge in [0.15, 0.2) is 17.6 Å². The van der Waals surface area contributed by atoms with Crippen molar-refractivity contribution in [1.82, 2.24) is 4.90 Å². The summed E-state index contributed by atoms with van der Waals surface area (Å²) in [5.41, 5.74) is 0. The zero-order valence-electron chi connectivity index (χ0n) is 15.8. The number of hydrogen-bond acceptors (Lipinski definition) is 6. The maximum absolute atomic E-state index is 11.7. The number of amides is 1. The van der Waals surface area contributed by atoms with Crippen LogP contribution in [0.2, 0.25) is 0 Å². The van der Waals surface area contributed by atoms with Crippen LogP contribution < -0.4 is 14.4 Å². The van der Waals surface area contributed by atoms with E-state index in [1.807, 2.05) is 24.3 Å². The number of para-hydroxylation sites is 2. The molecule has 1 aromatic carbocycles. The van der Waals surface area contributed by atoms with Crippen LogP contribution in [0.25, 0.3) is 0 Å². The number of fused-ring (bicyclic) bond motifs is 1. The molecule has 3 rings (SSSR count). The van der Waals surface area contributed by atoms with E-state index >= 15 is 0 Å². The third-order valence-corrected chi connectivity index (χ3v) is 4.70. The number of hydrogen-bond donors (Lipinski definition) is 2. The molecule has 8 nitrogen and oxygen atoms in total. The number of carbonyl (C=O) groups is 1. The standard InChI is InChI=1S/C19H28N2O6/c1-2-25-19(23)21-9-7-20(8-10-21)11-15(22)12-24-13-16-14-26-17-5-3-4-6-18(17)27-16/h3-6,15-16,22H,2,7-14H2,1H3/p+1/t15-,16-/m1/s1. The van der Waals surface area contributed by atoms with Gasteiger partial charge in [-0.3, -0.25) is 4.90 Å². The van der Waals surface area contributed by atoms with Crippen molar-refractivity contribution in [2.45, 2.75) is 19.1 Å². The zero-order valence-corrected chi connectivity index (χ0v) is 15.8. The van der Waals surface area contributed by atoms with Gasteiger partial charge in [0.2, 0.25) is 0 Å². The van der Waals surface area contributed by atoms with E-state index in [1.165, 1.54) is 4.90 Å². The van der Waals surface area contributed by atoms with E-state index in [0.29, 0.717) is 39.5 Å². The molecule has 0 saturated carbocycles. The molecule has 2 N–H and O–H groups in total. The zero-order chi connectivity index (χ0) is 19.1. The highest BCUT2D eigenvalue weighted by molar-refractivity contribution is 5.67.